The summed E-state index contributed by atoms with van der Waals surface area (Å²) in [5.74, 6) is 0.452. The van der Waals surface area contributed by atoms with E-state index in [1.807, 2.05) is 24.3 Å². The summed E-state index contributed by atoms with van der Waals surface area (Å²) in [4.78, 5) is 14.4. The van der Waals surface area contributed by atoms with Crippen molar-refractivity contribution in [2.45, 2.75) is 0 Å². The predicted octanol–water partition coefficient (Wildman–Crippen LogP) is 2.92. The molecule has 0 amide bonds. The Hall–Kier alpha value is -1.42. The van der Waals surface area contributed by atoms with Gasteiger partial charge in [-0.1, -0.05) is 22.0 Å². The molecular formula is C10H6BrNO2. The van der Waals surface area contributed by atoms with E-state index in [0.29, 0.717) is 17.9 Å². The molecule has 0 N–H and O–H groups in total. The molecule has 0 aliphatic carbocycles. The monoisotopic (exact) mass is 251 g/mol. The summed E-state index contributed by atoms with van der Waals surface area (Å²) in [6, 6.07) is 7.53. The lowest BCUT2D eigenvalue weighted by Crippen LogP contribution is -1.80. The number of benzene rings is 1. The second kappa shape index (κ2) is 3.75. The Kier molecular flexibility index (Phi) is 2.45. The number of carbonyl (C=O) groups is 1. The van der Waals surface area contributed by atoms with Crippen LogP contribution in [0.1, 0.15) is 10.5 Å². The first-order valence-corrected chi connectivity index (χ1v) is 4.75. The van der Waals surface area contributed by atoms with Crippen LogP contribution in [0.15, 0.2) is 39.4 Å². The van der Waals surface area contributed by atoms with Crippen LogP contribution < -0.4 is 0 Å². The van der Waals surface area contributed by atoms with Gasteiger partial charge in [-0.05, 0) is 18.2 Å². The molecule has 2 rings (SSSR count). The van der Waals surface area contributed by atoms with E-state index >= 15 is 0 Å². The Morgan fingerprint density at radius 3 is 2.93 bits per heavy atom. The van der Waals surface area contributed by atoms with Gasteiger partial charge in [0.05, 0.1) is 0 Å². The molecule has 0 aliphatic rings. The van der Waals surface area contributed by atoms with Crippen LogP contribution in [-0.4, -0.2) is 11.3 Å². The highest BCUT2D eigenvalue weighted by atomic mass is 79.9. The molecule has 1 aromatic carbocycles. The molecule has 0 unspecified atom stereocenters. The number of rotatable bonds is 2. The third-order valence-corrected chi connectivity index (χ3v) is 2.21. The number of hydrogen-bond acceptors (Lipinski definition) is 3. The van der Waals surface area contributed by atoms with Crippen molar-refractivity contribution in [1.82, 2.24) is 4.98 Å². The molecule has 4 heteroatoms. The zero-order valence-corrected chi connectivity index (χ0v) is 8.69. The second-order valence-corrected chi connectivity index (χ2v) is 3.62. The van der Waals surface area contributed by atoms with Gasteiger partial charge in [0.2, 0.25) is 5.89 Å². The maximum Gasteiger partial charge on any atom is 0.226 e. The number of carbonyl (C=O) groups excluding carboxylic acids is 1. The largest absolute Gasteiger partial charge is 0.444 e. The fourth-order valence-electron chi connectivity index (χ4n) is 1.09. The minimum atomic E-state index is 0.306. The molecule has 0 bridgehead atoms. The molecule has 1 aromatic heterocycles. The van der Waals surface area contributed by atoms with Crippen molar-refractivity contribution in [3.8, 4) is 11.5 Å². The summed E-state index contributed by atoms with van der Waals surface area (Å²) in [6.45, 7) is 0. The minimum Gasteiger partial charge on any atom is -0.444 e. The summed E-state index contributed by atoms with van der Waals surface area (Å²) >= 11 is 3.34. The van der Waals surface area contributed by atoms with Crippen LogP contribution in [0.3, 0.4) is 0 Å². The van der Waals surface area contributed by atoms with Crippen LogP contribution in [0.5, 0.6) is 0 Å². The molecular weight excluding hydrogens is 246 g/mol. The quantitative estimate of drug-likeness (QED) is 0.771. The van der Waals surface area contributed by atoms with Crippen LogP contribution in [0.4, 0.5) is 0 Å². The zero-order chi connectivity index (χ0) is 9.97. The third-order valence-electron chi connectivity index (χ3n) is 1.71. The maximum atomic E-state index is 10.4. The molecule has 0 saturated carbocycles. The van der Waals surface area contributed by atoms with Crippen LogP contribution in [0, 0.1) is 0 Å². The highest BCUT2D eigenvalue weighted by molar-refractivity contribution is 9.10. The summed E-state index contributed by atoms with van der Waals surface area (Å²) in [7, 11) is 0. The van der Waals surface area contributed by atoms with Gasteiger partial charge in [0.15, 0.2) is 6.29 Å². The number of oxazole rings is 1. The van der Waals surface area contributed by atoms with Gasteiger partial charge >= 0.3 is 0 Å². The number of hydrogen-bond donors (Lipinski definition) is 0. The van der Waals surface area contributed by atoms with E-state index in [2.05, 4.69) is 20.9 Å². The molecule has 70 valence electrons. The lowest BCUT2D eigenvalue weighted by atomic mass is 10.2. The Bertz CT molecular complexity index is 465. The predicted molar refractivity (Wildman–Crippen MR) is 55.0 cm³/mol. The van der Waals surface area contributed by atoms with Gasteiger partial charge in [-0.2, -0.15) is 0 Å². The summed E-state index contributed by atoms with van der Waals surface area (Å²) < 4.78 is 6.08. The molecule has 3 nitrogen and oxygen atoms in total. The lowest BCUT2D eigenvalue weighted by molar-refractivity contribution is 0.111. The van der Waals surface area contributed by atoms with Gasteiger partial charge < -0.3 is 4.42 Å². The standard InChI is InChI=1S/C10H6BrNO2/c11-8-3-1-2-7(4-8)10-12-9(5-13)6-14-10/h1-6H. The summed E-state index contributed by atoms with van der Waals surface area (Å²) in [5.41, 5.74) is 1.15. The third kappa shape index (κ3) is 1.75. The topological polar surface area (TPSA) is 43.1 Å². The van der Waals surface area contributed by atoms with Crippen molar-refractivity contribution in [2.75, 3.05) is 0 Å². The number of aromatic nitrogens is 1. The van der Waals surface area contributed by atoms with E-state index in [1.165, 1.54) is 6.26 Å². The van der Waals surface area contributed by atoms with Crippen molar-refractivity contribution < 1.29 is 9.21 Å². The first-order chi connectivity index (χ1) is 6.79. The van der Waals surface area contributed by atoms with Crippen molar-refractivity contribution in [3.63, 3.8) is 0 Å². The van der Waals surface area contributed by atoms with Crippen LogP contribution in [-0.2, 0) is 0 Å². The molecule has 1 heterocycles. The smallest absolute Gasteiger partial charge is 0.226 e. The number of halogens is 1. The van der Waals surface area contributed by atoms with E-state index in [4.69, 9.17) is 4.42 Å². The zero-order valence-electron chi connectivity index (χ0n) is 7.11. The minimum absolute atomic E-state index is 0.306. The first kappa shape index (κ1) is 9.15. The second-order valence-electron chi connectivity index (χ2n) is 2.71. The normalized spacial score (nSPS) is 10.1. The van der Waals surface area contributed by atoms with Crippen LogP contribution in [0.2, 0.25) is 0 Å². The molecule has 0 fully saturated rings. The van der Waals surface area contributed by atoms with Crippen molar-refractivity contribution in [3.05, 3.63) is 40.7 Å². The van der Waals surface area contributed by atoms with Crippen molar-refractivity contribution in [1.29, 1.82) is 0 Å². The van der Waals surface area contributed by atoms with E-state index in [1.54, 1.807) is 0 Å². The van der Waals surface area contributed by atoms with Crippen molar-refractivity contribution in [2.24, 2.45) is 0 Å². The molecule has 0 aliphatic heterocycles. The highest BCUT2D eigenvalue weighted by Crippen LogP contribution is 2.21. The van der Waals surface area contributed by atoms with Crippen molar-refractivity contribution >= 4 is 22.2 Å². The van der Waals surface area contributed by atoms with Gasteiger partial charge in [-0.15, -0.1) is 0 Å². The molecule has 14 heavy (non-hydrogen) atoms. The molecule has 0 spiro atoms. The van der Waals surface area contributed by atoms with Gasteiger partial charge in [0.1, 0.15) is 12.0 Å². The van der Waals surface area contributed by atoms with E-state index in [-0.39, 0.29) is 0 Å². The van der Waals surface area contributed by atoms with E-state index in [0.717, 1.165) is 10.0 Å². The molecule has 0 saturated heterocycles. The molecule has 0 radical (unpaired) electrons. The number of aldehydes is 1. The van der Waals surface area contributed by atoms with Gasteiger partial charge in [0.25, 0.3) is 0 Å². The number of nitrogens with zero attached hydrogens (tertiary/aromatic N) is 1. The fourth-order valence-corrected chi connectivity index (χ4v) is 1.49. The Balaban J connectivity index is 2.43. The Morgan fingerprint density at radius 1 is 1.43 bits per heavy atom. The maximum absolute atomic E-state index is 10.4. The SMILES string of the molecule is O=Cc1coc(-c2cccc(Br)c2)n1. The van der Waals surface area contributed by atoms with Gasteiger partial charge in [-0.3, -0.25) is 4.79 Å². The van der Waals surface area contributed by atoms with E-state index < -0.39 is 0 Å². The average molecular weight is 252 g/mol. The first-order valence-electron chi connectivity index (χ1n) is 3.96. The Morgan fingerprint density at radius 2 is 2.29 bits per heavy atom. The lowest BCUT2D eigenvalue weighted by Gasteiger charge is -1.94. The highest BCUT2D eigenvalue weighted by Gasteiger charge is 2.05. The van der Waals surface area contributed by atoms with E-state index in [9.17, 15) is 4.79 Å². The molecule has 0 atom stereocenters. The fraction of sp³-hybridized carbons (Fsp3) is 0. The summed E-state index contributed by atoms with van der Waals surface area (Å²) in [5, 5.41) is 0. The van der Waals surface area contributed by atoms with Gasteiger partial charge in [-0.25, -0.2) is 4.98 Å². The average Bonchev–Trinajstić information content (AvgIpc) is 2.66. The van der Waals surface area contributed by atoms with Crippen LogP contribution >= 0.6 is 15.9 Å². The Labute approximate surface area is 88.9 Å². The van der Waals surface area contributed by atoms with Gasteiger partial charge in [0, 0.05) is 10.0 Å². The summed E-state index contributed by atoms with van der Waals surface area (Å²) in [6.07, 6.45) is 1.99. The molecule has 2 aromatic rings. The van der Waals surface area contributed by atoms with Crippen LogP contribution in [0.25, 0.3) is 11.5 Å².